The summed E-state index contributed by atoms with van der Waals surface area (Å²) in [6, 6.07) is 0. The average molecular weight is 394 g/mol. The molecular formula is C24H43NO3. The lowest BCUT2D eigenvalue weighted by molar-refractivity contribution is -0.158. The minimum Gasteiger partial charge on any atom is -0.395 e. The summed E-state index contributed by atoms with van der Waals surface area (Å²) in [5.74, 6) is 3.23. The van der Waals surface area contributed by atoms with Crippen molar-refractivity contribution in [3.63, 3.8) is 0 Å². The van der Waals surface area contributed by atoms with E-state index in [0.717, 1.165) is 37.0 Å². The van der Waals surface area contributed by atoms with Crippen molar-refractivity contribution in [2.75, 3.05) is 32.8 Å². The van der Waals surface area contributed by atoms with Crippen LogP contribution in [0.15, 0.2) is 0 Å². The highest BCUT2D eigenvalue weighted by molar-refractivity contribution is 5.14. The molecule has 0 amide bonds. The van der Waals surface area contributed by atoms with Crippen LogP contribution in [-0.2, 0) is 0 Å². The van der Waals surface area contributed by atoms with E-state index in [1.54, 1.807) is 0 Å². The third-order valence-electron chi connectivity index (χ3n) is 10.2. The first-order valence-corrected chi connectivity index (χ1v) is 12.0. The molecule has 0 radical (unpaired) electrons. The molecule has 3 N–H and O–H groups in total. The van der Waals surface area contributed by atoms with Crippen molar-refractivity contribution in [3.8, 4) is 0 Å². The summed E-state index contributed by atoms with van der Waals surface area (Å²) in [5.41, 5.74) is -0.157. The van der Waals surface area contributed by atoms with E-state index in [9.17, 15) is 15.3 Å². The van der Waals surface area contributed by atoms with Crippen LogP contribution >= 0.6 is 0 Å². The molecule has 0 heterocycles. The monoisotopic (exact) mass is 393 g/mol. The summed E-state index contributed by atoms with van der Waals surface area (Å²) >= 11 is 0. The number of aliphatic hydroxyl groups is 3. The van der Waals surface area contributed by atoms with Crippen molar-refractivity contribution in [2.24, 2.45) is 34.5 Å². The van der Waals surface area contributed by atoms with Crippen LogP contribution in [-0.4, -0.2) is 58.7 Å². The van der Waals surface area contributed by atoms with Crippen LogP contribution < -0.4 is 0 Å². The van der Waals surface area contributed by atoms with Crippen LogP contribution in [0.1, 0.15) is 78.1 Å². The molecule has 7 atom stereocenters. The highest BCUT2D eigenvalue weighted by Crippen LogP contribution is 2.68. The smallest absolute Gasteiger partial charge is 0.0830 e. The minimum atomic E-state index is -0.683. The van der Waals surface area contributed by atoms with Crippen LogP contribution in [0, 0.1) is 34.5 Å². The van der Waals surface area contributed by atoms with Gasteiger partial charge in [0, 0.05) is 25.0 Å². The zero-order valence-electron chi connectivity index (χ0n) is 18.2. The topological polar surface area (TPSA) is 63.9 Å². The summed E-state index contributed by atoms with van der Waals surface area (Å²) < 4.78 is 0. The first-order chi connectivity index (χ1) is 13.4. The van der Waals surface area contributed by atoms with Crippen molar-refractivity contribution >= 4 is 0 Å². The molecule has 0 aliphatic heterocycles. The van der Waals surface area contributed by atoms with Gasteiger partial charge in [0.25, 0.3) is 0 Å². The van der Waals surface area contributed by atoms with Crippen molar-refractivity contribution in [1.82, 2.24) is 4.90 Å². The van der Waals surface area contributed by atoms with Crippen molar-refractivity contribution < 1.29 is 15.3 Å². The molecule has 4 unspecified atom stereocenters. The van der Waals surface area contributed by atoms with E-state index in [1.807, 2.05) is 0 Å². The lowest BCUT2D eigenvalue weighted by Crippen LogP contribution is -2.59. The molecular weight excluding hydrogens is 350 g/mol. The summed E-state index contributed by atoms with van der Waals surface area (Å²) in [6.45, 7) is 6.82. The molecule has 0 saturated heterocycles. The normalized spacial score (nSPS) is 48.2. The standard InChI is InChI=1S/C24H43NO3/c1-22-10-4-3-5-18(22)6-7-19-20(22)8-11-23(2)21(19)9-12-24(23,28)17-25(13-15-26)14-16-27/h18-21,26-28H,3-17H2,1-2H3/t18?,19?,20?,21?,22-,23-,24-/m0/s1. The Balaban J connectivity index is 1.54. The Hall–Kier alpha value is -0.160. The lowest BCUT2D eigenvalue weighted by atomic mass is 9.44. The number of nitrogens with zero attached hydrogens (tertiary/aromatic N) is 1. The third kappa shape index (κ3) is 3.18. The van der Waals surface area contributed by atoms with Crippen LogP contribution in [0.4, 0.5) is 0 Å². The molecule has 0 aromatic rings. The van der Waals surface area contributed by atoms with E-state index in [1.165, 1.54) is 44.9 Å². The fourth-order valence-corrected chi connectivity index (χ4v) is 8.59. The second kappa shape index (κ2) is 7.83. The zero-order valence-corrected chi connectivity index (χ0v) is 18.2. The molecule has 0 aromatic heterocycles. The molecule has 28 heavy (non-hydrogen) atoms. The van der Waals surface area contributed by atoms with Crippen molar-refractivity contribution in [2.45, 2.75) is 83.7 Å². The van der Waals surface area contributed by atoms with Gasteiger partial charge in [-0.3, -0.25) is 4.90 Å². The van der Waals surface area contributed by atoms with Gasteiger partial charge in [-0.1, -0.05) is 26.7 Å². The molecule has 4 heteroatoms. The molecule has 4 rings (SSSR count). The van der Waals surface area contributed by atoms with Gasteiger partial charge in [-0.05, 0) is 80.5 Å². The van der Waals surface area contributed by atoms with Crippen molar-refractivity contribution in [1.29, 1.82) is 0 Å². The van der Waals surface area contributed by atoms with Crippen LogP contribution in [0.25, 0.3) is 0 Å². The Bertz CT molecular complexity index is 550. The molecule has 0 aromatic carbocycles. The Labute approximate surface area is 171 Å². The Kier molecular flexibility index (Phi) is 5.90. The molecule has 4 fully saturated rings. The van der Waals surface area contributed by atoms with Gasteiger partial charge in [0.2, 0.25) is 0 Å². The maximum atomic E-state index is 11.9. The molecule has 0 spiro atoms. The molecule has 4 aliphatic rings. The van der Waals surface area contributed by atoms with Gasteiger partial charge in [0.05, 0.1) is 18.8 Å². The van der Waals surface area contributed by atoms with Gasteiger partial charge in [-0.25, -0.2) is 0 Å². The molecule has 0 bridgehead atoms. The fraction of sp³-hybridized carbons (Fsp3) is 1.00. The summed E-state index contributed by atoms with van der Waals surface area (Å²) in [7, 11) is 0. The Morgan fingerprint density at radius 1 is 0.821 bits per heavy atom. The fourth-order valence-electron chi connectivity index (χ4n) is 8.59. The molecule has 4 saturated carbocycles. The lowest BCUT2D eigenvalue weighted by Gasteiger charge is -2.61. The molecule has 4 nitrogen and oxygen atoms in total. The average Bonchev–Trinajstić information content (AvgIpc) is 2.93. The summed E-state index contributed by atoms with van der Waals surface area (Å²) in [5, 5.41) is 30.7. The number of rotatable bonds is 6. The first kappa shape index (κ1) is 21.1. The number of aliphatic hydroxyl groups excluding tert-OH is 2. The highest BCUT2D eigenvalue weighted by Gasteiger charge is 2.64. The van der Waals surface area contributed by atoms with Crippen molar-refractivity contribution in [3.05, 3.63) is 0 Å². The van der Waals surface area contributed by atoms with Gasteiger partial charge in [-0.2, -0.15) is 0 Å². The van der Waals surface area contributed by atoms with E-state index in [2.05, 4.69) is 18.7 Å². The summed E-state index contributed by atoms with van der Waals surface area (Å²) in [6.07, 6.45) is 13.0. The van der Waals surface area contributed by atoms with Gasteiger partial charge < -0.3 is 15.3 Å². The number of hydrogen-bond acceptors (Lipinski definition) is 4. The largest absolute Gasteiger partial charge is 0.395 e. The number of fused-ring (bicyclic) bond motifs is 5. The predicted octanol–water partition coefficient (Wildman–Crippen LogP) is 3.44. The van der Waals surface area contributed by atoms with E-state index in [-0.39, 0.29) is 18.6 Å². The second-order valence-corrected chi connectivity index (χ2v) is 11.2. The Morgan fingerprint density at radius 3 is 2.25 bits per heavy atom. The van der Waals surface area contributed by atoms with E-state index in [4.69, 9.17) is 0 Å². The van der Waals surface area contributed by atoms with Gasteiger partial charge in [0.1, 0.15) is 0 Å². The Morgan fingerprint density at radius 2 is 1.54 bits per heavy atom. The summed E-state index contributed by atoms with van der Waals surface area (Å²) in [4.78, 5) is 2.07. The predicted molar refractivity (Wildman–Crippen MR) is 112 cm³/mol. The highest BCUT2D eigenvalue weighted by atomic mass is 16.3. The van der Waals surface area contributed by atoms with E-state index < -0.39 is 5.60 Å². The zero-order chi connectivity index (χ0) is 20.0. The minimum absolute atomic E-state index is 0.0187. The van der Waals surface area contributed by atoms with E-state index >= 15 is 0 Å². The van der Waals surface area contributed by atoms with E-state index in [0.29, 0.717) is 31.0 Å². The maximum Gasteiger partial charge on any atom is 0.0830 e. The first-order valence-electron chi connectivity index (χ1n) is 12.0. The van der Waals surface area contributed by atoms with Crippen LogP contribution in [0.5, 0.6) is 0 Å². The maximum absolute atomic E-state index is 11.9. The van der Waals surface area contributed by atoms with Gasteiger partial charge in [-0.15, -0.1) is 0 Å². The van der Waals surface area contributed by atoms with Gasteiger partial charge >= 0.3 is 0 Å². The third-order valence-corrected chi connectivity index (χ3v) is 10.2. The quantitative estimate of drug-likeness (QED) is 0.647. The number of hydrogen-bond donors (Lipinski definition) is 3. The van der Waals surface area contributed by atoms with Gasteiger partial charge in [0.15, 0.2) is 0 Å². The second-order valence-electron chi connectivity index (χ2n) is 11.2. The molecule has 162 valence electrons. The van der Waals surface area contributed by atoms with Crippen LogP contribution in [0.2, 0.25) is 0 Å². The SMILES string of the molecule is C[C@]12CCCCC1CCC1C2CC[C@@]2(C)C1CC[C@]2(O)CN(CCO)CCO. The molecule has 4 aliphatic carbocycles. The van der Waals surface area contributed by atoms with Crippen LogP contribution in [0.3, 0.4) is 0 Å².